The maximum Gasteiger partial charge on any atom is 0.321 e. The van der Waals surface area contributed by atoms with Gasteiger partial charge < -0.3 is 10.2 Å². The summed E-state index contributed by atoms with van der Waals surface area (Å²) in [6, 6.07) is 6.70. The Morgan fingerprint density at radius 2 is 1.64 bits per heavy atom. The monoisotopic (exact) mass is 406 g/mol. The molecule has 1 aliphatic heterocycles. The Balaban J connectivity index is 1.34. The minimum atomic E-state index is -0.393. The van der Waals surface area contributed by atoms with Crippen LogP contribution in [0.1, 0.15) is 42.5 Å². The van der Waals surface area contributed by atoms with Crippen molar-refractivity contribution < 1.29 is 14.4 Å². The van der Waals surface area contributed by atoms with Gasteiger partial charge in [-0.15, -0.1) is 0 Å². The van der Waals surface area contributed by atoms with Crippen molar-refractivity contribution in [1.29, 1.82) is 0 Å². The fourth-order valence-corrected chi connectivity index (χ4v) is 3.82. The standard InChI is InChI=1S/C20H27ClN4O3/c21-16-7-5-15(6-8-16)19(27)25-13-11-24(12-14-25)10-9-18(26)23-20(28)22-17-3-1-2-4-17/h5-8,17H,1-4,9-14H2,(H2,22,23,26,28). The summed E-state index contributed by atoms with van der Waals surface area (Å²) >= 11 is 5.87. The number of nitrogens with one attached hydrogen (secondary N) is 2. The van der Waals surface area contributed by atoms with Crippen LogP contribution in [-0.4, -0.2) is 66.4 Å². The number of benzene rings is 1. The highest BCUT2D eigenvalue weighted by Crippen LogP contribution is 2.17. The Morgan fingerprint density at radius 1 is 1.00 bits per heavy atom. The van der Waals surface area contributed by atoms with E-state index >= 15 is 0 Å². The molecule has 7 nitrogen and oxygen atoms in total. The zero-order valence-electron chi connectivity index (χ0n) is 16.0. The van der Waals surface area contributed by atoms with E-state index in [0.717, 1.165) is 25.7 Å². The van der Waals surface area contributed by atoms with Gasteiger partial charge in [-0.25, -0.2) is 4.79 Å². The predicted octanol–water partition coefficient (Wildman–Crippen LogP) is 2.26. The average Bonchev–Trinajstić information content (AvgIpc) is 3.19. The van der Waals surface area contributed by atoms with Gasteiger partial charge in [0.1, 0.15) is 0 Å². The number of carbonyl (C=O) groups is 3. The number of hydrogen-bond donors (Lipinski definition) is 2. The van der Waals surface area contributed by atoms with Gasteiger partial charge in [0.25, 0.3) is 5.91 Å². The Kier molecular flexibility index (Phi) is 7.28. The first kappa shape index (κ1) is 20.6. The van der Waals surface area contributed by atoms with Gasteiger partial charge in [0.2, 0.25) is 5.91 Å². The lowest BCUT2D eigenvalue weighted by Gasteiger charge is -2.34. The molecule has 2 N–H and O–H groups in total. The van der Waals surface area contributed by atoms with E-state index in [-0.39, 0.29) is 24.3 Å². The van der Waals surface area contributed by atoms with Crippen LogP contribution >= 0.6 is 11.6 Å². The summed E-state index contributed by atoms with van der Waals surface area (Å²) in [4.78, 5) is 40.3. The zero-order chi connectivity index (χ0) is 19.9. The molecule has 4 amide bonds. The molecule has 1 aromatic rings. The van der Waals surface area contributed by atoms with Gasteiger partial charge in [0, 0.05) is 55.8 Å². The van der Waals surface area contributed by atoms with Gasteiger partial charge in [0.05, 0.1) is 0 Å². The third-order valence-corrected chi connectivity index (χ3v) is 5.60. The molecule has 0 unspecified atom stereocenters. The molecule has 1 aliphatic carbocycles. The summed E-state index contributed by atoms with van der Waals surface area (Å²) < 4.78 is 0. The topological polar surface area (TPSA) is 81.8 Å². The van der Waals surface area contributed by atoms with Crippen LogP contribution in [-0.2, 0) is 4.79 Å². The first-order chi connectivity index (χ1) is 13.5. The number of imide groups is 1. The van der Waals surface area contributed by atoms with Crippen molar-refractivity contribution >= 4 is 29.4 Å². The van der Waals surface area contributed by atoms with Gasteiger partial charge in [-0.2, -0.15) is 0 Å². The van der Waals surface area contributed by atoms with E-state index < -0.39 is 6.03 Å². The molecule has 1 heterocycles. The lowest BCUT2D eigenvalue weighted by molar-refractivity contribution is -0.120. The molecule has 8 heteroatoms. The molecule has 152 valence electrons. The summed E-state index contributed by atoms with van der Waals surface area (Å²) in [7, 11) is 0. The van der Waals surface area contributed by atoms with E-state index in [9.17, 15) is 14.4 Å². The van der Waals surface area contributed by atoms with Gasteiger partial charge >= 0.3 is 6.03 Å². The van der Waals surface area contributed by atoms with Crippen molar-refractivity contribution in [3.63, 3.8) is 0 Å². The normalized spacial score (nSPS) is 18.1. The van der Waals surface area contributed by atoms with Crippen LogP contribution in [0.4, 0.5) is 4.79 Å². The maximum absolute atomic E-state index is 12.5. The van der Waals surface area contributed by atoms with Crippen LogP contribution in [0.2, 0.25) is 5.02 Å². The van der Waals surface area contributed by atoms with E-state index in [1.165, 1.54) is 0 Å². The number of nitrogens with zero attached hydrogens (tertiary/aromatic N) is 2. The molecule has 2 aliphatic rings. The van der Waals surface area contributed by atoms with Crippen molar-refractivity contribution in [2.75, 3.05) is 32.7 Å². The summed E-state index contributed by atoms with van der Waals surface area (Å²) in [6.07, 6.45) is 4.50. The molecule has 1 saturated heterocycles. The highest BCUT2D eigenvalue weighted by atomic mass is 35.5. The third-order valence-electron chi connectivity index (χ3n) is 5.35. The minimum absolute atomic E-state index is 0.00218. The highest BCUT2D eigenvalue weighted by Gasteiger charge is 2.23. The number of rotatable bonds is 5. The van der Waals surface area contributed by atoms with Crippen LogP contribution in [0.15, 0.2) is 24.3 Å². The molecule has 0 bridgehead atoms. The maximum atomic E-state index is 12.5. The molecule has 0 aromatic heterocycles. The second kappa shape index (κ2) is 9.89. The van der Waals surface area contributed by atoms with Crippen molar-refractivity contribution in [2.45, 2.75) is 38.1 Å². The number of carbonyl (C=O) groups excluding carboxylic acids is 3. The van der Waals surface area contributed by atoms with Crippen LogP contribution in [0.25, 0.3) is 0 Å². The van der Waals surface area contributed by atoms with Gasteiger partial charge in [0.15, 0.2) is 0 Å². The Morgan fingerprint density at radius 3 is 2.29 bits per heavy atom. The largest absolute Gasteiger partial charge is 0.336 e. The molecular weight excluding hydrogens is 380 g/mol. The van der Waals surface area contributed by atoms with Crippen molar-refractivity contribution in [2.24, 2.45) is 0 Å². The van der Waals surface area contributed by atoms with Gasteiger partial charge in [-0.3, -0.25) is 19.8 Å². The lowest BCUT2D eigenvalue weighted by atomic mass is 10.2. The van der Waals surface area contributed by atoms with Crippen molar-refractivity contribution in [3.8, 4) is 0 Å². The minimum Gasteiger partial charge on any atom is -0.336 e. The summed E-state index contributed by atoms with van der Waals surface area (Å²) in [5, 5.41) is 5.86. The second-order valence-corrected chi connectivity index (χ2v) is 7.83. The first-order valence-corrected chi connectivity index (χ1v) is 10.3. The summed E-state index contributed by atoms with van der Waals surface area (Å²) in [6.45, 7) is 3.23. The highest BCUT2D eigenvalue weighted by molar-refractivity contribution is 6.30. The average molecular weight is 407 g/mol. The molecule has 28 heavy (non-hydrogen) atoms. The zero-order valence-corrected chi connectivity index (χ0v) is 16.7. The molecule has 2 fully saturated rings. The number of urea groups is 1. The fourth-order valence-electron chi connectivity index (χ4n) is 3.69. The van der Waals surface area contributed by atoms with Gasteiger partial charge in [-0.05, 0) is 37.1 Å². The number of hydrogen-bond acceptors (Lipinski definition) is 4. The number of piperazine rings is 1. The van der Waals surface area contributed by atoms with Crippen molar-refractivity contribution in [1.82, 2.24) is 20.4 Å². The van der Waals surface area contributed by atoms with Crippen LogP contribution in [0, 0.1) is 0 Å². The van der Waals surface area contributed by atoms with Crippen molar-refractivity contribution in [3.05, 3.63) is 34.9 Å². The van der Waals surface area contributed by atoms with Gasteiger partial charge in [-0.1, -0.05) is 24.4 Å². The molecule has 1 aromatic carbocycles. The van der Waals surface area contributed by atoms with E-state index in [2.05, 4.69) is 15.5 Å². The molecule has 1 saturated carbocycles. The molecule has 0 radical (unpaired) electrons. The van der Waals surface area contributed by atoms with E-state index in [0.29, 0.717) is 43.3 Å². The van der Waals surface area contributed by atoms with E-state index in [1.54, 1.807) is 24.3 Å². The first-order valence-electron chi connectivity index (χ1n) is 9.89. The number of amides is 4. The summed E-state index contributed by atoms with van der Waals surface area (Å²) in [5.74, 6) is -0.271. The second-order valence-electron chi connectivity index (χ2n) is 7.39. The van der Waals surface area contributed by atoms with E-state index in [1.807, 2.05) is 4.90 Å². The molecular formula is C20H27ClN4O3. The third kappa shape index (κ3) is 5.94. The number of halogens is 1. The quantitative estimate of drug-likeness (QED) is 0.785. The van der Waals surface area contributed by atoms with Crippen LogP contribution in [0.3, 0.4) is 0 Å². The van der Waals surface area contributed by atoms with Crippen LogP contribution < -0.4 is 10.6 Å². The molecule has 0 spiro atoms. The van der Waals surface area contributed by atoms with Crippen LogP contribution in [0.5, 0.6) is 0 Å². The SMILES string of the molecule is O=C(CCN1CCN(C(=O)c2ccc(Cl)cc2)CC1)NC(=O)NC1CCCC1. The summed E-state index contributed by atoms with van der Waals surface area (Å²) in [5.41, 5.74) is 0.630. The smallest absolute Gasteiger partial charge is 0.321 e. The Labute approximate surface area is 170 Å². The lowest BCUT2D eigenvalue weighted by Crippen LogP contribution is -2.49. The Bertz CT molecular complexity index is 696. The Hall–Kier alpha value is -2.12. The molecule has 3 rings (SSSR count). The van der Waals surface area contributed by atoms with E-state index in [4.69, 9.17) is 11.6 Å². The molecule has 0 atom stereocenters. The fraction of sp³-hybridized carbons (Fsp3) is 0.550. The predicted molar refractivity (Wildman–Crippen MR) is 107 cm³/mol.